The second-order valence-corrected chi connectivity index (χ2v) is 14.2. The second-order valence-electron chi connectivity index (χ2n) is 9.67. The Morgan fingerprint density at radius 1 is 0.895 bits per heavy atom. The number of hydrogen-bond acceptors (Lipinski definition) is 6. The van der Waals surface area contributed by atoms with Crippen LogP contribution in [0.5, 0.6) is 0 Å². The first-order chi connectivity index (χ1) is 17.7. The number of rotatable bonds is 7. The van der Waals surface area contributed by atoms with Crippen LogP contribution < -0.4 is 0 Å². The third kappa shape index (κ3) is 5.39. The molecule has 1 aromatic heterocycles. The number of benzene rings is 3. The zero-order valence-electron chi connectivity index (χ0n) is 21.3. The number of aliphatic carboxylic acids is 1. The van der Waals surface area contributed by atoms with E-state index in [0.717, 1.165) is 22.8 Å². The van der Waals surface area contributed by atoms with Crippen molar-refractivity contribution in [1.29, 1.82) is 0 Å². The third-order valence-electron chi connectivity index (χ3n) is 6.66. The Morgan fingerprint density at radius 2 is 1.58 bits per heavy atom. The first-order valence-electron chi connectivity index (χ1n) is 11.6. The summed E-state index contributed by atoms with van der Waals surface area (Å²) in [5, 5.41) is 10.7. The van der Waals surface area contributed by atoms with Crippen LogP contribution in [0.2, 0.25) is 0 Å². The lowest BCUT2D eigenvalue weighted by molar-refractivity contribution is -0.130. The monoisotopic (exact) mass is 549 g/mol. The van der Waals surface area contributed by atoms with E-state index in [-0.39, 0.29) is 10.5 Å². The zero-order valence-corrected chi connectivity index (χ0v) is 23.0. The molecule has 0 radical (unpaired) electrons. The number of pyridine rings is 1. The fourth-order valence-electron chi connectivity index (χ4n) is 4.09. The molecule has 0 fully saturated rings. The highest BCUT2D eigenvalue weighted by Crippen LogP contribution is 2.36. The smallest absolute Gasteiger partial charge is 0.336 e. The molecule has 0 aliphatic rings. The van der Waals surface area contributed by atoms with Gasteiger partial charge in [-0.15, -0.1) is 0 Å². The van der Waals surface area contributed by atoms with Crippen LogP contribution in [0, 0.1) is 0 Å². The van der Waals surface area contributed by atoms with E-state index < -0.39 is 30.4 Å². The molecule has 3 aromatic carbocycles. The highest BCUT2D eigenvalue weighted by molar-refractivity contribution is 7.91. The van der Waals surface area contributed by atoms with Crippen molar-refractivity contribution in [1.82, 2.24) is 4.98 Å². The van der Waals surface area contributed by atoms with E-state index in [1.807, 2.05) is 30.3 Å². The lowest BCUT2D eigenvalue weighted by Crippen LogP contribution is -2.28. The van der Waals surface area contributed by atoms with Crippen LogP contribution in [0.1, 0.15) is 30.5 Å². The molecule has 0 atom stereocenters. The van der Waals surface area contributed by atoms with Crippen molar-refractivity contribution in [2.24, 2.45) is 0 Å². The van der Waals surface area contributed by atoms with Crippen LogP contribution in [0.15, 0.2) is 83.9 Å². The summed E-state index contributed by atoms with van der Waals surface area (Å²) >= 11 is 0. The van der Waals surface area contributed by atoms with Gasteiger partial charge in [0, 0.05) is 29.7 Å². The van der Waals surface area contributed by atoms with Gasteiger partial charge in [-0.1, -0.05) is 36.4 Å². The van der Waals surface area contributed by atoms with Gasteiger partial charge in [0.1, 0.15) is 0 Å². The predicted molar refractivity (Wildman–Crippen MR) is 150 cm³/mol. The van der Waals surface area contributed by atoms with Crippen molar-refractivity contribution in [3.05, 3.63) is 95.7 Å². The van der Waals surface area contributed by atoms with E-state index in [1.54, 1.807) is 38.2 Å². The molecule has 0 bridgehead atoms. The minimum atomic E-state index is -3.43. The molecule has 0 saturated carbocycles. The minimum Gasteiger partial charge on any atom is -0.478 e. The normalized spacial score (nSPS) is 13.0. The Hall–Kier alpha value is -3.82. The highest BCUT2D eigenvalue weighted by Gasteiger charge is 2.33. The average Bonchev–Trinajstić information content (AvgIpc) is 2.85. The van der Waals surface area contributed by atoms with Gasteiger partial charge in [0.15, 0.2) is 19.7 Å². The van der Waals surface area contributed by atoms with E-state index in [9.17, 15) is 26.7 Å². The van der Waals surface area contributed by atoms with E-state index in [2.05, 4.69) is 4.98 Å². The van der Waals surface area contributed by atoms with Crippen LogP contribution in [-0.4, -0.2) is 45.4 Å². The van der Waals surface area contributed by atoms with Gasteiger partial charge < -0.3 is 5.11 Å². The topological polar surface area (TPSA) is 118 Å². The quantitative estimate of drug-likeness (QED) is 0.248. The Morgan fingerprint density at radius 3 is 2.18 bits per heavy atom. The Balaban J connectivity index is 1.87. The molecule has 9 heteroatoms. The number of sulfone groups is 2. The van der Waals surface area contributed by atoms with Crippen molar-refractivity contribution in [3.63, 3.8) is 0 Å². The molecule has 1 heterocycles. The molecule has 1 N–H and O–H groups in total. The summed E-state index contributed by atoms with van der Waals surface area (Å²) in [6.07, 6.45) is 5.48. The molecule has 196 valence electrons. The zero-order chi connectivity index (χ0) is 27.9. The SMILES string of the molecule is CC(C)(c1cc(-c2cccc(/C=C(/C(=O)O)c3ccc(S(C)(=O)=O)cc3)c2)c2ncccc2c1)S(C)(=O)=O. The van der Waals surface area contributed by atoms with Crippen LogP contribution >= 0.6 is 0 Å². The number of nitrogens with zero attached hydrogens (tertiary/aromatic N) is 1. The van der Waals surface area contributed by atoms with Crippen molar-refractivity contribution in [3.8, 4) is 11.1 Å². The van der Waals surface area contributed by atoms with E-state index in [4.69, 9.17) is 0 Å². The number of carboxylic acids is 1. The van der Waals surface area contributed by atoms with Gasteiger partial charge in [0.2, 0.25) is 0 Å². The van der Waals surface area contributed by atoms with Gasteiger partial charge in [-0.05, 0) is 78.6 Å². The summed E-state index contributed by atoms with van der Waals surface area (Å²) in [6, 6.07) is 20.2. The van der Waals surface area contributed by atoms with Gasteiger partial charge in [0.25, 0.3) is 0 Å². The van der Waals surface area contributed by atoms with Gasteiger partial charge >= 0.3 is 5.97 Å². The number of hydrogen-bond donors (Lipinski definition) is 1. The van der Waals surface area contributed by atoms with E-state index in [1.165, 1.54) is 36.6 Å². The van der Waals surface area contributed by atoms with Gasteiger partial charge in [0.05, 0.1) is 20.7 Å². The molecule has 4 aromatic rings. The molecule has 0 aliphatic heterocycles. The number of carbonyl (C=O) groups is 1. The van der Waals surface area contributed by atoms with Crippen LogP contribution in [0.3, 0.4) is 0 Å². The summed E-state index contributed by atoms with van der Waals surface area (Å²) in [5.41, 5.74) is 3.73. The number of fused-ring (bicyclic) bond motifs is 1. The summed E-state index contributed by atoms with van der Waals surface area (Å²) in [6.45, 7) is 3.33. The molecule has 38 heavy (non-hydrogen) atoms. The summed E-state index contributed by atoms with van der Waals surface area (Å²) in [4.78, 5) is 16.7. The van der Waals surface area contributed by atoms with Gasteiger partial charge in [-0.2, -0.15) is 0 Å². The lowest BCUT2D eigenvalue weighted by Gasteiger charge is -2.24. The summed E-state index contributed by atoms with van der Waals surface area (Å²) in [5.74, 6) is -1.16. The Bertz CT molecular complexity index is 1800. The standard InChI is InChI=1S/C29H27NO6S2/c1-29(2,38(4,35)36)23-17-22-9-6-14-30-27(22)25(18-23)21-8-5-7-19(15-21)16-26(28(31)32)20-10-12-24(13-11-20)37(3,33)34/h5-18H,1-4H3,(H,31,32)/b26-16+. The largest absolute Gasteiger partial charge is 0.478 e. The maximum atomic E-state index is 12.6. The van der Waals surface area contributed by atoms with Crippen LogP contribution in [0.25, 0.3) is 33.7 Å². The third-order valence-corrected chi connectivity index (χ3v) is 9.88. The molecule has 4 rings (SSSR count). The Kier molecular flexibility index (Phi) is 7.03. The number of aromatic nitrogens is 1. The molecule has 0 aliphatic carbocycles. The summed E-state index contributed by atoms with van der Waals surface area (Å²) in [7, 11) is -6.85. The fourth-order valence-corrected chi connectivity index (χ4v) is 5.26. The van der Waals surface area contributed by atoms with E-state index >= 15 is 0 Å². The molecule has 0 saturated heterocycles. The van der Waals surface area contributed by atoms with Gasteiger partial charge in [-0.25, -0.2) is 21.6 Å². The average molecular weight is 550 g/mol. The van der Waals surface area contributed by atoms with Gasteiger partial charge in [-0.3, -0.25) is 4.98 Å². The van der Waals surface area contributed by atoms with Crippen LogP contribution in [0.4, 0.5) is 0 Å². The molecule has 0 spiro atoms. The minimum absolute atomic E-state index is 0.00264. The maximum Gasteiger partial charge on any atom is 0.336 e. The molecular formula is C29H27NO6S2. The van der Waals surface area contributed by atoms with E-state index in [0.29, 0.717) is 22.2 Å². The molecule has 7 nitrogen and oxygen atoms in total. The van der Waals surface area contributed by atoms with Crippen molar-refractivity contribution >= 4 is 48.2 Å². The van der Waals surface area contributed by atoms with Crippen LogP contribution in [-0.2, 0) is 29.2 Å². The second kappa shape index (κ2) is 9.81. The summed E-state index contributed by atoms with van der Waals surface area (Å²) < 4.78 is 47.6. The maximum absolute atomic E-state index is 12.6. The number of carboxylic acid groups (broad SMARTS) is 1. The molecular weight excluding hydrogens is 522 g/mol. The molecule has 0 unspecified atom stereocenters. The first-order valence-corrected chi connectivity index (χ1v) is 15.4. The Labute approximate surface area is 222 Å². The lowest BCUT2D eigenvalue weighted by atomic mass is 9.92. The highest BCUT2D eigenvalue weighted by atomic mass is 32.2. The van der Waals surface area contributed by atoms with Crippen molar-refractivity contribution in [2.45, 2.75) is 23.5 Å². The first kappa shape index (κ1) is 27.2. The van der Waals surface area contributed by atoms with Crippen molar-refractivity contribution < 1.29 is 26.7 Å². The molecule has 0 amide bonds. The predicted octanol–water partition coefficient (Wildman–Crippen LogP) is 5.21. The fraction of sp³-hybridized carbons (Fsp3) is 0.172. The van der Waals surface area contributed by atoms with Crippen molar-refractivity contribution in [2.75, 3.05) is 12.5 Å².